The van der Waals surface area contributed by atoms with Crippen LogP contribution in [0.2, 0.25) is 0 Å². The normalized spacial score (nSPS) is 13.7. The monoisotopic (exact) mass is 538 g/mol. The molecule has 0 bridgehead atoms. The first-order valence-electron chi connectivity index (χ1n) is 12.0. The number of aliphatic hydroxyl groups excluding tert-OH is 1. The SMILES string of the molecule is CP(C)(=O)C[C@@H](O)C(OC(=O)c1ccccc1)C(OC(=O)c1ccccc1)C(=O)COCc1ccccc1. The van der Waals surface area contributed by atoms with Gasteiger partial charge in [0.1, 0.15) is 12.7 Å². The Morgan fingerprint density at radius 2 is 1.24 bits per heavy atom. The van der Waals surface area contributed by atoms with Gasteiger partial charge in [-0.2, -0.15) is 0 Å². The van der Waals surface area contributed by atoms with Gasteiger partial charge in [-0.1, -0.05) is 66.7 Å². The molecular formula is C29H31O8P. The molecule has 1 N–H and O–H groups in total. The Balaban J connectivity index is 1.89. The summed E-state index contributed by atoms with van der Waals surface area (Å²) in [7, 11) is -2.84. The van der Waals surface area contributed by atoms with Gasteiger partial charge in [0, 0.05) is 6.16 Å². The van der Waals surface area contributed by atoms with Crippen LogP contribution in [-0.2, 0) is 30.2 Å². The predicted molar refractivity (Wildman–Crippen MR) is 143 cm³/mol. The lowest BCUT2D eigenvalue weighted by Crippen LogP contribution is -2.50. The van der Waals surface area contributed by atoms with Gasteiger partial charge < -0.3 is 23.9 Å². The highest BCUT2D eigenvalue weighted by atomic mass is 31.2. The molecule has 200 valence electrons. The Bertz CT molecular complexity index is 1240. The number of esters is 2. The van der Waals surface area contributed by atoms with Crippen LogP contribution in [0.5, 0.6) is 0 Å². The van der Waals surface area contributed by atoms with Crippen molar-refractivity contribution in [3.05, 3.63) is 108 Å². The third-order valence-electron chi connectivity index (χ3n) is 5.47. The number of benzene rings is 3. The highest BCUT2D eigenvalue weighted by Crippen LogP contribution is 2.38. The maximum atomic E-state index is 13.4. The Morgan fingerprint density at radius 1 is 0.763 bits per heavy atom. The van der Waals surface area contributed by atoms with E-state index in [4.69, 9.17) is 14.2 Å². The van der Waals surface area contributed by atoms with Crippen molar-refractivity contribution < 1.29 is 38.3 Å². The molecule has 8 nitrogen and oxygen atoms in total. The number of hydrogen-bond donors (Lipinski definition) is 1. The number of Topliss-reactive ketones (excluding diaryl/α,β-unsaturated/α-hetero) is 1. The molecule has 0 heterocycles. The maximum absolute atomic E-state index is 13.4. The molecule has 3 aromatic carbocycles. The van der Waals surface area contributed by atoms with E-state index in [1.165, 1.54) is 37.6 Å². The zero-order valence-corrected chi connectivity index (χ0v) is 22.2. The largest absolute Gasteiger partial charge is 0.452 e. The average molecular weight is 539 g/mol. The first-order chi connectivity index (χ1) is 18.1. The van der Waals surface area contributed by atoms with Crippen molar-refractivity contribution >= 4 is 24.9 Å². The van der Waals surface area contributed by atoms with E-state index in [2.05, 4.69) is 0 Å². The van der Waals surface area contributed by atoms with Gasteiger partial charge >= 0.3 is 11.9 Å². The predicted octanol–water partition coefficient (Wildman–Crippen LogP) is 4.21. The van der Waals surface area contributed by atoms with Crippen molar-refractivity contribution in [2.75, 3.05) is 26.1 Å². The van der Waals surface area contributed by atoms with Gasteiger partial charge in [0.2, 0.25) is 11.9 Å². The molecule has 0 aliphatic carbocycles. The van der Waals surface area contributed by atoms with Gasteiger partial charge in [0.25, 0.3) is 0 Å². The fourth-order valence-electron chi connectivity index (χ4n) is 3.66. The molecule has 38 heavy (non-hydrogen) atoms. The van der Waals surface area contributed by atoms with Crippen molar-refractivity contribution in [1.29, 1.82) is 0 Å². The van der Waals surface area contributed by atoms with Gasteiger partial charge in [0.05, 0.1) is 24.9 Å². The molecule has 0 saturated carbocycles. The van der Waals surface area contributed by atoms with Crippen molar-refractivity contribution in [2.45, 2.75) is 24.9 Å². The highest BCUT2D eigenvalue weighted by Gasteiger charge is 2.41. The summed E-state index contributed by atoms with van der Waals surface area (Å²) in [6.45, 7) is 2.55. The molecule has 0 aliphatic heterocycles. The first kappa shape index (κ1) is 29.0. The number of aliphatic hydroxyl groups is 1. The van der Waals surface area contributed by atoms with E-state index in [-0.39, 0.29) is 23.9 Å². The van der Waals surface area contributed by atoms with Gasteiger partial charge in [-0.05, 0) is 43.2 Å². The lowest BCUT2D eigenvalue weighted by atomic mass is 10.0. The summed E-state index contributed by atoms with van der Waals surface area (Å²) < 4.78 is 29.2. The van der Waals surface area contributed by atoms with E-state index < -0.39 is 49.8 Å². The quantitative estimate of drug-likeness (QED) is 0.254. The van der Waals surface area contributed by atoms with Crippen molar-refractivity contribution in [2.24, 2.45) is 0 Å². The van der Waals surface area contributed by atoms with Crippen LogP contribution in [0.4, 0.5) is 0 Å². The minimum Gasteiger partial charge on any atom is -0.452 e. The molecule has 3 atom stereocenters. The summed E-state index contributed by atoms with van der Waals surface area (Å²) in [5.41, 5.74) is 1.15. The molecular weight excluding hydrogens is 507 g/mol. The minimum atomic E-state index is -2.84. The Hall–Kier alpha value is -3.58. The summed E-state index contributed by atoms with van der Waals surface area (Å²) in [5.74, 6) is -2.41. The van der Waals surface area contributed by atoms with Gasteiger partial charge in [-0.3, -0.25) is 4.79 Å². The third-order valence-corrected chi connectivity index (χ3v) is 6.73. The van der Waals surface area contributed by atoms with Crippen molar-refractivity contribution in [1.82, 2.24) is 0 Å². The van der Waals surface area contributed by atoms with Crippen molar-refractivity contribution in [3.63, 3.8) is 0 Å². The molecule has 0 spiro atoms. The molecule has 0 aromatic heterocycles. The zero-order valence-electron chi connectivity index (χ0n) is 21.3. The standard InChI is InChI=1S/C29H31O8P/c1-38(2,34)20-25(31)27(37-29(33)23-16-10-5-11-17-23)26(36-28(32)22-14-8-4-9-15-22)24(30)19-35-18-21-12-6-3-7-13-21/h3-17,25-27,31H,18-20H2,1-2H3/t25-,26?,27?/m1/s1. The summed E-state index contributed by atoms with van der Waals surface area (Å²) in [4.78, 5) is 39.2. The molecule has 0 aliphatic rings. The maximum Gasteiger partial charge on any atom is 0.338 e. The van der Waals surface area contributed by atoms with Gasteiger partial charge in [-0.15, -0.1) is 0 Å². The molecule has 0 amide bonds. The third kappa shape index (κ3) is 9.06. The molecule has 9 heteroatoms. The number of ketones is 1. The average Bonchev–Trinajstić information content (AvgIpc) is 2.91. The Kier molecular flexibility index (Phi) is 10.5. The van der Waals surface area contributed by atoms with E-state index in [0.29, 0.717) is 0 Å². The van der Waals surface area contributed by atoms with Gasteiger partial charge in [0.15, 0.2) is 6.10 Å². The van der Waals surface area contributed by atoms with Crippen LogP contribution in [0.25, 0.3) is 0 Å². The summed E-state index contributed by atoms with van der Waals surface area (Å²) >= 11 is 0. The minimum absolute atomic E-state index is 0.113. The summed E-state index contributed by atoms with van der Waals surface area (Å²) in [6.07, 6.45) is -5.17. The van der Waals surface area contributed by atoms with E-state index in [9.17, 15) is 24.1 Å². The lowest BCUT2D eigenvalue weighted by molar-refractivity contribution is -0.144. The summed E-state index contributed by atoms with van der Waals surface area (Å²) in [5, 5.41) is 11.0. The number of ether oxygens (including phenoxy) is 3. The Labute approximate surface area is 221 Å². The fraction of sp³-hybridized carbons (Fsp3) is 0.276. The highest BCUT2D eigenvalue weighted by molar-refractivity contribution is 7.62. The second-order valence-electron chi connectivity index (χ2n) is 9.20. The number of carbonyl (C=O) groups is 3. The lowest BCUT2D eigenvalue weighted by Gasteiger charge is -2.30. The van der Waals surface area contributed by atoms with Crippen LogP contribution in [0, 0.1) is 0 Å². The Morgan fingerprint density at radius 3 is 1.74 bits per heavy atom. The van der Waals surface area contributed by atoms with Crippen LogP contribution in [0.3, 0.4) is 0 Å². The second kappa shape index (κ2) is 13.8. The van der Waals surface area contributed by atoms with E-state index >= 15 is 0 Å². The first-order valence-corrected chi connectivity index (χ1v) is 14.8. The molecule has 0 radical (unpaired) electrons. The van der Waals surface area contributed by atoms with E-state index in [0.717, 1.165) is 5.56 Å². The smallest absolute Gasteiger partial charge is 0.338 e. The van der Waals surface area contributed by atoms with Crippen LogP contribution in [0.1, 0.15) is 26.3 Å². The number of rotatable bonds is 13. The molecule has 0 saturated heterocycles. The van der Waals surface area contributed by atoms with Crippen LogP contribution < -0.4 is 0 Å². The van der Waals surface area contributed by atoms with Crippen molar-refractivity contribution in [3.8, 4) is 0 Å². The number of hydrogen-bond acceptors (Lipinski definition) is 8. The fourth-order valence-corrected chi connectivity index (χ4v) is 4.77. The molecule has 0 fully saturated rings. The molecule has 2 unspecified atom stereocenters. The topological polar surface area (TPSA) is 116 Å². The summed E-state index contributed by atoms with van der Waals surface area (Å²) in [6, 6.07) is 25.1. The molecule has 3 aromatic rings. The number of carbonyl (C=O) groups excluding carboxylic acids is 3. The van der Waals surface area contributed by atoms with Crippen LogP contribution >= 0.6 is 7.14 Å². The van der Waals surface area contributed by atoms with Gasteiger partial charge in [-0.25, -0.2) is 9.59 Å². The zero-order chi connectivity index (χ0) is 27.5. The van der Waals surface area contributed by atoms with E-state index in [1.54, 1.807) is 36.4 Å². The van der Waals surface area contributed by atoms with Crippen LogP contribution in [0.15, 0.2) is 91.0 Å². The van der Waals surface area contributed by atoms with E-state index in [1.807, 2.05) is 30.3 Å². The molecule has 3 rings (SSSR count). The second-order valence-corrected chi connectivity index (χ2v) is 12.7. The van der Waals surface area contributed by atoms with Crippen LogP contribution in [-0.4, -0.2) is 67.2 Å².